The number of aryl methyl sites for hydroxylation is 1. The highest BCUT2D eigenvalue weighted by atomic mass is 79.9. The second-order valence-electron chi connectivity index (χ2n) is 4.95. The maximum absolute atomic E-state index is 8.88. The first-order valence-corrected chi connectivity index (χ1v) is 8.03. The van der Waals surface area contributed by atoms with Crippen LogP contribution in [0.25, 0.3) is 0 Å². The van der Waals surface area contributed by atoms with Crippen molar-refractivity contribution in [2.75, 3.05) is 11.4 Å². The Balaban J connectivity index is 2.25. The Hall–Kier alpha value is -1.86. The summed E-state index contributed by atoms with van der Waals surface area (Å²) in [6.07, 6.45) is 4.17. The van der Waals surface area contributed by atoms with Crippen molar-refractivity contribution in [1.82, 2.24) is 4.98 Å². The van der Waals surface area contributed by atoms with Gasteiger partial charge in [0.05, 0.1) is 12.5 Å². The van der Waals surface area contributed by atoms with E-state index in [1.807, 2.05) is 12.3 Å². The fraction of sp³-hybridized carbons (Fsp3) is 0.294. The quantitative estimate of drug-likeness (QED) is 0.737. The molecule has 0 aliphatic heterocycles. The number of halogens is 1. The summed E-state index contributed by atoms with van der Waals surface area (Å²) in [6.45, 7) is 3.61. The second-order valence-corrected chi connectivity index (χ2v) is 5.51. The van der Waals surface area contributed by atoms with Gasteiger partial charge < -0.3 is 4.90 Å². The Bertz CT molecular complexity index is 620. The summed E-state index contributed by atoms with van der Waals surface area (Å²) in [5, 5.41) is 9.74. The summed E-state index contributed by atoms with van der Waals surface area (Å²) < 4.78 is 0. The van der Waals surface area contributed by atoms with Crippen LogP contribution in [0.5, 0.6) is 0 Å². The average Bonchev–Trinajstić information content (AvgIpc) is 2.52. The van der Waals surface area contributed by atoms with Gasteiger partial charge in [-0.3, -0.25) is 4.98 Å². The Labute approximate surface area is 134 Å². The topological polar surface area (TPSA) is 39.9 Å². The molecular weight excluding hydrogens is 326 g/mol. The Morgan fingerprint density at radius 2 is 2.14 bits per heavy atom. The molecule has 0 bridgehead atoms. The zero-order valence-electron chi connectivity index (χ0n) is 12.1. The first-order valence-electron chi connectivity index (χ1n) is 6.91. The minimum atomic E-state index is 0.514. The molecule has 2 aromatic rings. The van der Waals surface area contributed by atoms with Crippen LogP contribution in [-0.4, -0.2) is 11.5 Å². The van der Waals surface area contributed by atoms with E-state index in [1.165, 1.54) is 16.8 Å². The molecule has 0 saturated carbocycles. The van der Waals surface area contributed by atoms with Crippen LogP contribution in [0, 0.1) is 18.3 Å². The highest BCUT2D eigenvalue weighted by Gasteiger charge is 2.10. The molecule has 1 heterocycles. The molecule has 0 aliphatic rings. The van der Waals surface area contributed by atoms with Gasteiger partial charge in [0, 0.05) is 36.5 Å². The maximum Gasteiger partial charge on any atom is 0.0640 e. The third-order valence-corrected chi connectivity index (χ3v) is 3.99. The van der Waals surface area contributed by atoms with E-state index in [-0.39, 0.29) is 0 Å². The zero-order valence-corrected chi connectivity index (χ0v) is 13.7. The lowest BCUT2D eigenvalue weighted by molar-refractivity contribution is 0.792. The molecule has 21 heavy (non-hydrogen) atoms. The van der Waals surface area contributed by atoms with Crippen molar-refractivity contribution in [3.8, 4) is 6.07 Å². The third-order valence-electron chi connectivity index (χ3n) is 3.35. The van der Waals surface area contributed by atoms with Crippen LogP contribution in [0.3, 0.4) is 0 Å². The molecule has 1 aromatic carbocycles. The van der Waals surface area contributed by atoms with Gasteiger partial charge in [0.1, 0.15) is 0 Å². The summed E-state index contributed by atoms with van der Waals surface area (Å²) in [5.74, 6) is 0. The molecule has 0 amide bonds. The van der Waals surface area contributed by atoms with Crippen LogP contribution < -0.4 is 4.90 Å². The molecule has 1 aromatic heterocycles. The molecule has 0 fully saturated rings. The largest absolute Gasteiger partial charge is 0.366 e. The fourth-order valence-electron chi connectivity index (χ4n) is 2.34. The molecule has 0 unspecified atom stereocenters. The molecule has 108 valence electrons. The Kier molecular flexibility index (Phi) is 5.77. The van der Waals surface area contributed by atoms with Gasteiger partial charge in [0.25, 0.3) is 0 Å². The Morgan fingerprint density at radius 3 is 2.76 bits per heavy atom. The number of benzene rings is 1. The van der Waals surface area contributed by atoms with E-state index < -0.39 is 0 Å². The van der Waals surface area contributed by atoms with Crippen LogP contribution in [0.15, 0.2) is 42.7 Å². The number of hydrogen-bond donors (Lipinski definition) is 0. The van der Waals surface area contributed by atoms with Crippen molar-refractivity contribution in [3.05, 3.63) is 59.4 Å². The van der Waals surface area contributed by atoms with Gasteiger partial charge >= 0.3 is 0 Å². The van der Waals surface area contributed by atoms with E-state index in [2.05, 4.69) is 63.1 Å². The zero-order chi connectivity index (χ0) is 15.1. The van der Waals surface area contributed by atoms with E-state index in [9.17, 15) is 0 Å². The first-order chi connectivity index (χ1) is 10.2. The van der Waals surface area contributed by atoms with Gasteiger partial charge in [-0.1, -0.05) is 34.1 Å². The lowest BCUT2D eigenvalue weighted by Crippen LogP contribution is -2.24. The molecule has 3 nitrogen and oxygen atoms in total. The van der Waals surface area contributed by atoms with E-state index in [0.717, 1.165) is 24.0 Å². The summed E-state index contributed by atoms with van der Waals surface area (Å²) in [7, 11) is 0. The van der Waals surface area contributed by atoms with Gasteiger partial charge in [-0.05, 0) is 35.7 Å². The van der Waals surface area contributed by atoms with Gasteiger partial charge in [-0.15, -0.1) is 0 Å². The van der Waals surface area contributed by atoms with E-state index in [1.54, 1.807) is 6.20 Å². The van der Waals surface area contributed by atoms with Crippen LogP contribution >= 0.6 is 15.9 Å². The molecule has 0 atom stereocenters. The monoisotopic (exact) mass is 343 g/mol. The maximum atomic E-state index is 8.88. The number of nitrogens with zero attached hydrogens (tertiary/aromatic N) is 3. The molecular formula is C17H18BrN3. The summed E-state index contributed by atoms with van der Waals surface area (Å²) in [5.41, 5.74) is 4.82. The fourth-order valence-corrected chi connectivity index (χ4v) is 2.69. The van der Waals surface area contributed by atoms with Crippen LogP contribution in [0.4, 0.5) is 5.69 Å². The minimum Gasteiger partial charge on any atom is -0.366 e. The van der Waals surface area contributed by atoms with Gasteiger partial charge in [0.2, 0.25) is 0 Å². The molecule has 0 saturated heterocycles. The van der Waals surface area contributed by atoms with Crippen molar-refractivity contribution < 1.29 is 0 Å². The third kappa shape index (κ3) is 4.30. The number of rotatable bonds is 6. The summed E-state index contributed by atoms with van der Waals surface area (Å²) >= 11 is 3.48. The Morgan fingerprint density at radius 1 is 1.29 bits per heavy atom. The number of alkyl halides is 1. The van der Waals surface area contributed by atoms with Crippen LogP contribution in [0.1, 0.15) is 23.1 Å². The lowest BCUT2D eigenvalue weighted by Gasteiger charge is -2.26. The van der Waals surface area contributed by atoms with Gasteiger partial charge in [-0.2, -0.15) is 5.26 Å². The molecule has 0 radical (unpaired) electrons. The summed E-state index contributed by atoms with van der Waals surface area (Å²) in [4.78, 5) is 6.41. The predicted molar refractivity (Wildman–Crippen MR) is 89.3 cm³/mol. The molecule has 4 heteroatoms. The SMILES string of the molecule is Cc1cc(CBr)ccc1N(CCC#N)Cc1cccnc1. The smallest absolute Gasteiger partial charge is 0.0640 e. The number of pyridine rings is 1. The minimum absolute atomic E-state index is 0.514. The molecule has 0 spiro atoms. The van der Waals surface area contributed by atoms with Crippen molar-refractivity contribution in [3.63, 3.8) is 0 Å². The molecule has 2 rings (SSSR count). The normalized spacial score (nSPS) is 10.1. The summed E-state index contributed by atoms with van der Waals surface area (Å²) in [6, 6.07) is 12.7. The van der Waals surface area contributed by atoms with Crippen LogP contribution in [0.2, 0.25) is 0 Å². The van der Waals surface area contributed by atoms with Crippen molar-refractivity contribution in [1.29, 1.82) is 5.26 Å². The van der Waals surface area contributed by atoms with E-state index >= 15 is 0 Å². The highest BCUT2D eigenvalue weighted by Crippen LogP contribution is 2.24. The van der Waals surface area contributed by atoms with Crippen LogP contribution in [-0.2, 0) is 11.9 Å². The van der Waals surface area contributed by atoms with Crippen molar-refractivity contribution >= 4 is 21.6 Å². The van der Waals surface area contributed by atoms with Crippen molar-refractivity contribution in [2.45, 2.75) is 25.2 Å². The number of nitriles is 1. The standard InChI is InChI=1S/C17H18BrN3/c1-14-10-15(11-18)5-6-17(14)21(9-3-7-19)13-16-4-2-8-20-12-16/h2,4-6,8,10,12H,3,9,11,13H2,1H3. The van der Waals surface area contributed by atoms with E-state index in [0.29, 0.717) is 6.42 Å². The van der Waals surface area contributed by atoms with E-state index in [4.69, 9.17) is 5.26 Å². The number of aromatic nitrogens is 1. The van der Waals surface area contributed by atoms with Gasteiger partial charge in [0.15, 0.2) is 0 Å². The lowest BCUT2D eigenvalue weighted by atomic mass is 10.1. The molecule has 0 N–H and O–H groups in total. The second kappa shape index (κ2) is 7.80. The van der Waals surface area contributed by atoms with Gasteiger partial charge in [-0.25, -0.2) is 0 Å². The first kappa shape index (κ1) is 15.5. The average molecular weight is 344 g/mol. The highest BCUT2D eigenvalue weighted by molar-refractivity contribution is 9.08. The predicted octanol–water partition coefficient (Wildman–Crippen LogP) is 4.21. The number of hydrogen-bond acceptors (Lipinski definition) is 3. The van der Waals surface area contributed by atoms with Crippen molar-refractivity contribution in [2.24, 2.45) is 0 Å². The molecule has 0 aliphatic carbocycles. The number of anilines is 1.